The van der Waals surface area contributed by atoms with Crippen LogP contribution in [0.4, 0.5) is 10.1 Å². The molecule has 4 heteroatoms. The van der Waals surface area contributed by atoms with Crippen molar-refractivity contribution in [3.05, 3.63) is 48.3 Å². The molecule has 0 radical (unpaired) electrons. The number of rotatable bonds is 4. The highest BCUT2D eigenvalue weighted by atomic mass is 19.1. The second kappa shape index (κ2) is 5.51. The van der Waals surface area contributed by atoms with E-state index in [0.717, 1.165) is 5.56 Å². The van der Waals surface area contributed by atoms with Crippen LogP contribution in [0.25, 0.3) is 11.1 Å². The number of benzene rings is 2. The predicted molar refractivity (Wildman–Crippen MR) is 68.8 cm³/mol. The molecule has 0 amide bonds. The minimum Gasteiger partial charge on any atom is -0.491 e. The molecule has 0 aliphatic rings. The van der Waals surface area contributed by atoms with Crippen molar-refractivity contribution >= 4 is 5.69 Å². The monoisotopic (exact) mass is 247 g/mol. The Hall–Kier alpha value is -2.07. The lowest BCUT2D eigenvalue weighted by atomic mass is 10.0. The molecule has 2 aromatic carbocycles. The fourth-order valence-electron chi connectivity index (χ4n) is 1.65. The first-order valence-electron chi connectivity index (χ1n) is 5.59. The number of nitrogens with two attached hydrogens (primary N) is 1. The van der Waals surface area contributed by atoms with Crippen LogP contribution in [0.2, 0.25) is 0 Å². The quantitative estimate of drug-likeness (QED) is 0.816. The van der Waals surface area contributed by atoms with Crippen molar-refractivity contribution in [2.24, 2.45) is 0 Å². The molecule has 0 unspecified atom stereocenters. The fourth-order valence-corrected chi connectivity index (χ4v) is 1.65. The number of ether oxygens (including phenoxy) is 1. The molecule has 0 heterocycles. The summed E-state index contributed by atoms with van der Waals surface area (Å²) in [6.45, 7) is 0.0400. The highest BCUT2D eigenvalue weighted by molar-refractivity contribution is 5.67. The molecule has 3 N–H and O–H groups in total. The Labute approximate surface area is 105 Å². The molecule has 0 spiro atoms. The summed E-state index contributed by atoms with van der Waals surface area (Å²) in [5, 5.41) is 8.68. The third kappa shape index (κ3) is 2.99. The molecule has 0 bridgehead atoms. The number of aliphatic hydroxyl groups is 1. The second-order valence-corrected chi connectivity index (χ2v) is 3.87. The van der Waals surface area contributed by atoms with Gasteiger partial charge in [0.05, 0.1) is 6.61 Å². The number of halogens is 1. The molecular formula is C14H14FNO2. The number of hydrogen-bond acceptors (Lipinski definition) is 3. The molecule has 18 heavy (non-hydrogen) atoms. The van der Waals surface area contributed by atoms with Gasteiger partial charge in [-0.15, -0.1) is 0 Å². The van der Waals surface area contributed by atoms with Crippen molar-refractivity contribution in [1.82, 2.24) is 0 Å². The van der Waals surface area contributed by atoms with Crippen LogP contribution in [0.5, 0.6) is 5.75 Å². The zero-order valence-corrected chi connectivity index (χ0v) is 9.77. The molecule has 0 fully saturated rings. The summed E-state index contributed by atoms with van der Waals surface area (Å²) in [5.74, 6) is 0.0214. The largest absolute Gasteiger partial charge is 0.491 e. The third-order valence-electron chi connectivity index (χ3n) is 2.48. The predicted octanol–water partition coefficient (Wildman–Crippen LogP) is 2.45. The minimum atomic E-state index is -0.378. The van der Waals surface area contributed by atoms with Crippen LogP contribution >= 0.6 is 0 Å². The van der Waals surface area contributed by atoms with E-state index in [9.17, 15) is 4.39 Å². The van der Waals surface area contributed by atoms with E-state index < -0.39 is 0 Å². The Morgan fingerprint density at radius 3 is 2.44 bits per heavy atom. The average Bonchev–Trinajstić information content (AvgIpc) is 2.36. The van der Waals surface area contributed by atoms with Gasteiger partial charge in [0.2, 0.25) is 0 Å². The summed E-state index contributed by atoms with van der Waals surface area (Å²) in [4.78, 5) is 0. The first-order chi connectivity index (χ1) is 8.69. The van der Waals surface area contributed by atoms with Gasteiger partial charge in [0.15, 0.2) is 0 Å². The van der Waals surface area contributed by atoms with E-state index >= 15 is 0 Å². The van der Waals surface area contributed by atoms with Crippen molar-refractivity contribution in [1.29, 1.82) is 0 Å². The molecule has 3 nitrogen and oxygen atoms in total. The van der Waals surface area contributed by atoms with Crippen molar-refractivity contribution < 1.29 is 14.2 Å². The summed E-state index contributed by atoms with van der Waals surface area (Å²) in [6, 6.07) is 11.6. The van der Waals surface area contributed by atoms with Gasteiger partial charge in [0, 0.05) is 11.8 Å². The van der Waals surface area contributed by atoms with E-state index in [1.807, 2.05) is 12.1 Å². The molecule has 0 aromatic heterocycles. The Morgan fingerprint density at radius 2 is 1.78 bits per heavy atom. The summed E-state index contributed by atoms with van der Waals surface area (Å²) < 4.78 is 18.7. The topological polar surface area (TPSA) is 55.5 Å². The van der Waals surface area contributed by atoms with E-state index in [1.165, 1.54) is 12.1 Å². The number of anilines is 1. The third-order valence-corrected chi connectivity index (χ3v) is 2.48. The van der Waals surface area contributed by atoms with Crippen LogP contribution in [0.3, 0.4) is 0 Å². The van der Waals surface area contributed by atoms with E-state index in [2.05, 4.69) is 0 Å². The van der Waals surface area contributed by atoms with Crippen molar-refractivity contribution in [3.63, 3.8) is 0 Å². The normalized spacial score (nSPS) is 10.3. The van der Waals surface area contributed by atoms with Gasteiger partial charge in [0.1, 0.15) is 18.2 Å². The molecule has 0 saturated carbocycles. The van der Waals surface area contributed by atoms with E-state index in [1.54, 1.807) is 18.2 Å². The zero-order valence-electron chi connectivity index (χ0n) is 9.77. The van der Waals surface area contributed by atoms with E-state index in [0.29, 0.717) is 17.0 Å². The summed E-state index contributed by atoms with van der Waals surface area (Å²) in [7, 11) is 0. The highest BCUT2D eigenvalue weighted by Gasteiger charge is 2.04. The maximum Gasteiger partial charge on any atom is 0.127 e. The van der Waals surface area contributed by atoms with Gasteiger partial charge in [-0.2, -0.15) is 0 Å². The van der Waals surface area contributed by atoms with Crippen LogP contribution in [0.15, 0.2) is 42.5 Å². The molecular weight excluding hydrogens is 233 g/mol. The summed E-state index contributed by atoms with van der Waals surface area (Å²) >= 11 is 0. The standard InChI is InChI=1S/C14H14FNO2/c15-12-7-11(8-14(9-12)18-6-5-17)10-1-3-13(16)4-2-10/h1-4,7-9,17H,5-6,16H2. The Bertz CT molecular complexity index is 526. The molecule has 2 rings (SSSR count). The lowest BCUT2D eigenvalue weighted by molar-refractivity contribution is 0.201. The number of hydrogen-bond donors (Lipinski definition) is 2. The smallest absolute Gasteiger partial charge is 0.127 e. The molecule has 94 valence electrons. The van der Waals surface area contributed by atoms with Gasteiger partial charge < -0.3 is 15.6 Å². The van der Waals surface area contributed by atoms with Gasteiger partial charge >= 0.3 is 0 Å². The molecule has 0 saturated heterocycles. The van der Waals surface area contributed by atoms with Gasteiger partial charge in [-0.25, -0.2) is 4.39 Å². The maximum absolute atomic E-state index is 13.5. The minimum absolute atomic E-state index is 0.103. The second-order valence-electron chi connectivity index (χ2n) is 3.87. The fraction of sp³-hybridized carbons (Fsp3) is 0.143. The van der Waals surface area contributed by atoms with Gasteiger partial charge in [-0.1, -0.05) is 12.1 Å². The highest BCUT2D eigenvalue weighted by Crippen LogP contribution is 2.26. The summed E-state index contributed by atoms with van der Waals surface area (Å²) in [6.07, 6.45) is 0. The van der Waals surface area contributed by atoms with Crippen LogP contribution in [-0.4, -0.2) is 18.3 Å². The molecule has 2 aromatic rings. The van der Waals surface area contributed by atoms with E-state index in [-0.39, 0.29) is 19.0 Å². The van der Waals surface area contributed by atoms with E-state index in [4.69, 9.17) is 15.6 Å². The Kier molecular flexibility index (Phi) is 3.79. The Morgan fingerprint density at radius 1 is 1.06 bits per heavy atom. The molecule has 0 atom stereocenters. The number of aliphatic hydroxyl groups excluding tert-OH is 1. The lowest BCUT2D eigenvalue weighted by Crippen LogP contribution is -2.01. The molecule has 0 aliphatic heterocycles. The van der Waals surface area contributed by atoms with Crippen LogP contribution < -0.4 is 10.5 Å². The first-order valence-corrected chi connectivity index (χ1v) is 5.59. The van der Waals surface area contributed by atoms with Crippen molar-refractivity contribution in [3.8, 4) is 16.9 Å². The van der Waals surface area contributed by atoms with Crippen molar-refractivity contribution in [2.75, 3.05) is 18.9 Å². The van der Waals surface area contributed by atoms with Crippen LogP contribution in [0.1, 0.15) is 0 Å². The van der Waals surface area contributed by atoms with Gasteiger partial charge in [0.25, 0.3) is 0 Å². The summed E-state index contributed by atoms with van der Waals surface area (Å²) in [5.41, 5.74) is 7.83. The lowest BCUT2D eigenvalue weighted by Gasteiger charge is -2.08. The molecule has 0 aliphatic carbocycles. The number of nitrogen functional groups attached to an aromatic ring is 1. The maximum atomic E-state index is 13.5. The zero-order chi connectivity index (χ0) is 13.0. The van der Waals surface area contributed by atoms with Gasteiger partial charge in [-0.05, 0) is 35.4 Å². The van der Waals surface area contributed by atoms with Crippen LogP contribution in [0, 0.1) is 5.82 Å². The SMILES string of the molecule is Nc1ccc(-c2cc(F)cc(OCCO)c2)cc1. The first kappa shape index (κ1) is 12.4. The van der Waals surface area contributed by atoms with Crippen LogP contribution in [-0.2, 0) is 0 Å². The van der Waals surface area contributed by atoms with Gasteiger partial charge in [-0.3, -0.25) is 0 Å². The van der Waals surface area contributed by atoms with Crippen molar-refractivity contribution in [2.45, 2.75) is 0 Å². The average molecular weight is 247 g/mol. The Balaban J connectivity index is 2.32.